The Morgan fingerprint density at radius 2 is 1.68 bits per heavy atom. The molecule has 0 N–H and O–H groups in total. The van der Waals surface area contributed by atoms with Crippen molar-refractivity contribution in [1.29, 1.82) is 0 Å². The molecule has 2 heterocycles. The first-order chi connectivity index (χ1) is 10.8. The van der Waals surface area contributed by atoms with Gasteiger partial charge in [0.05, 0.1) is 5.39 Å². The van der Waals surface area contributed by atoms with Gasteiger partial charge in [-0.25, -0.2) is 0 Å². The van der Waals surface area contributed by atoms with Gasteiger partial charge in [-0.3, -0.25) is 4.79 Å². The first kappa shape index (κ1) is 13.1. The normalized spacial score (nSPS) is 14.6. The van der Waals surface area contributed by atoms with Gasteiger partial charge in [-0.1, -0.05) is 30.3 Å². The Balaban J connectivity index is 1.86. The Kier molecular flexibility index (Phi) is 3.19. The van der Waals surface area contributed by atoms with E-state index in [0.717, 1.165) is 24.3 Å². The number of fused-ring (bicyclic) bond motifs is 1. The molecule has 1 saturated heterocycles. The van der Waals surface area contributed by atoms with Crippen LogP contribution in [0.2, 0.25) is 0 Å². The van der Waals surface area contributed by atoms with Gasteiger partial charge in [-0.15, -0.1) is 0 Å². The van der Waals surface area contributed by atoms with Crippen molar-refractivity contribution in [3.8, 4) is 11.3 Å². The van der Waals surface area contributed by atoms with E-state index in [1.165, 1.54) is 12.8 Å². The van der Waals surface area contributed by atoms with E-state index in [0.29, 0.717) is 16.7 Å². The third-order valence-electron chi connectivity index (χ3n) is 4.24. The van der Waals surface area contributed by atoms with E-state index in [9.17, 15) is 4.79 Å². The van der Waals surface area contributed by atoms with Crippen LogP contribution in [-0.2, 0) is 0 Å². The molecule has 0 aliphatic carbocycles. The molecule has 0 atom stereocenters. The Hall–Kier alpha value is -2.55. The average molecular weight is 291 g/mol. The van der Waals surface area contributed by atoms with Gasteiger partial charge in [-0.2, -0.15) is 0 Å². The zero-order valence-corrected chi connectivity index (χ0v) is 12.3. The Bertz CT molecular complexity index is 861. The number of nitrogens with zero attached hydrogens (tertiary/aromatic N) is 1. The van der Waals surface area contributed by atoms with Gasteiger partial charge in [0.1, 0.15) is 11.3 Å². The summed E-state index contributed by atoms with van der Waals surface area (Å²) in [5, 5.41) is 0.641. The highest BCUT2D eigenvalue weighted by Gasteiger charge is 2.14. The summed E-state index contributed by atoms with van der Waals surface area (Å²) in [5.74, 6) is 0.622. The van der Waals surface area contributed by atoms with Crippen LogP contribution in [0.1, 0.15) is 12.8 Å². The fourth-order valence-corrected chi connectivity index (χ4v) is 3.06. The fraction of sp³-hybridized carbons (Fsp3) is 0.211. The van der Waals surface area contributed by atoms with Crippen LogP contribution in [0.25, 0.3) is 22.3 Å². The van der Waals surface area contributed by atoms with Gasteiger partial charge in [-0.05, 0) is 25.0 Å². The van der Waals surface area contributed by atoms with Gasteiger partial charge in [0.15, 0.2) is 5.43 Å². The standard InChI is InChI=1S/C19H17NO2/c21-17-13-18(14-6-2-1-3-7-14)22-19-12-15(8-9-16(17)19)20-10-4-5-11-20/h1-3,6-9,12-13H,4-5,10-11H2. The highest BCUT2D eigenvalue weighted by molar-refractivity contribution is 5.82. The molecule has 0 saturated carbocycles. The van der Waals surface area contributed by atoms with Gasteiger partial charge in [0.25, 0.3) is 0 Å². The van der Waals surface area contributed by atoms with Crippen molar-refractivity contribution < 1.29 is 4.42 Å². The quantitative estimate of drug-likeness (QED) is 0.714. The van der Waals surface area contributed by atoms with Crippen molar-refractivity contribution in [2.24, 2.45) is 0 Å². The number of rotatable bonds is 2. The summed E-state index contributed by atoms with van der Waals surface area (Å²) in [6.45, 7) is 2.15. The number of anilines is 1. The molecule has 0 spiro atoms. The Morgan fingerprint density at radius 3 is 2.45 bits per heavy atom. The molecule has 0 bridgehead atoms. The first-order valence-electron chi connectivity index (χ1n) is 7.69. The van der Waals surface area contributed by atoms with E-state index in [2.05, 4.69) is 4.90 Å². The number of benzene rings is 2. The lowest BCUT2D eigenvalue weighted by atomic mass is 10.1. The summed E-state index contributed by atoms with van der Waals surface area (Å²) in [6.07, 6.45) is 2.46. The summed E-state index contributed by atoms with van der Waals surface area (Å²) < 4.78 is 6.00. The second-order valence-electron chi connectivity index (χ2n) is 5.72. The molecular formula is C19H17NO2. The van der Waals surface area contributed by atoms with Crippen molar-refractivity contribution >= 4 is 16.7 Å². The molecule has 2 aromatic carbocycles. The van der Waals surface area contributed by atoms with Crippen LogP contribution in [0.15, 0.2) is 63.8 Å². The zero-order valence-electron chi connectivity index (χ0n) is 12.3. The highest BCUT2D eigenvalue weighted by atomic mass is 16.3. The van der Waals surface area contributed by atoms with Crippen LogP contribution in [0, 0.1) is 0 Å². The van der Waals surface area contributed by atoms with Crippen LogP contribution >= 0.6 is 0 Å². The van der Waals surface area contributed by atoms with E-state index in [4.69, 9.17) is 4.42 Å². The molecule has 1 aliphatic rings. The van der Waals surface area contributed by atoms with E-state index >= 15 is 0 Å². The molecule has 3 nitrogen and oxygen atoms in total. The van der Waals surface area contributed by atoms with Gasteiger partial charge >= 0.3 is 0 Å². The van der Waals surface area contributed by atoms with Crippen molar-refractivity contribution in [3.63, 3.8) is 0 Å². The largest absolute Gasteiger partial charge is 0.456 e. The molecule has 3 heteroatoms. The van der Waals surface area contributed by atoms with Gasteiger partial charge in [0, 0.05) is 36.5 Å². The van der Waals surface area contributed by atoms with Crippen LogP contribution in [0.5, 0.6) is 0 Å². The minimum atomic E-state index is 0.00748. The Morgan fingerprint density at radius 1 is 0.909 bits per heavy atom. The van der Waals surface area contributed by atoms with Gasteiger partial charge in [0.2, 0.25) is 0 Å². The molecule has 1 aromatic heterocycles. The summed E-state index contributed by atoms with van der Waals surface area (Å²) in [5.41, 5.74) is 2.73. The highest BCUT2D eigenvalue weighted by Crippen LogP contribution is 2.27. The maximum absolute atomic E-state index is 12.3. The Labute approximate surface area is 128 Å². The second kappa shape index (κ2) is 5.34. The van der Waals surface area contributed by atoms with Crippen molar-refractivity contribution in [3.05, 3.63) is 64.8 Å². The topological polar surface area (TPSA) is 33.5 Å². The fourth-order valence-electron chi connectivity index (χ4n) is 3.06. The summed E-state index contributed by atoms with van der Waals surface area (Å²) in [4.78, 5) is 14.7. The van der Waals surface area contributed by atoms with Crippen molar-refractivity contribution in [2.45, 2.75) is 12.8 Å². The minimum Gasteiger partial charge on any atom is -0.456 e. The lowest BCUT2D eigenvalue weighted by molar-refractivity contribution is 0.619. The van der Waals surface area contributed by atoms with Crippen molar-refractivity contribution in [2.75, 3.05) is 18.0 Å². The SMILES string of the molecule is O=c1cc(-c2ccccc2)oc2cc(N3CCCC3)ccc12. The number of hydrogen-bond donors (Lipinski definition) is 0. The lowest BCUT2D eigenvalue weighted by Crippen LogP contribution is -2.17. The van der Waals surface area contributed by atoms with E-state index in [-0.39, 0.29) is 5.43 Å². The predicted molar refractivity (Wildman–Crippen MR) is 89.4 cm³/mol. The molecule has 1 aliphatic heterocycles. The zero-order chi connectivity index (χ0) is 14.9. The third-order valence-corrected chi connectivity index (χ3v) is 4.24. The van der Waals surface area contributed by atoms with Crippen LogP contribution in [0.4, 0.5) is 5.69 Å². The molecule has 0 unspecified atom stereocenters. The molecular weight excluding hydrogens is 274 g/mol. The van der Waals surface area contributed by atoms with Gasteiger partial charge < -0.3 is 9.32 Å². The van der Waals surface area contributed by atoms with Crippen LogP contribution in [-0.4, -0.2) is 13.1 Å². The van der Waals surface area contributed by atoms with E-state index < -0.39 is 0 Å². The van der Waals surface area contributed by atoms with Crippen LogP contribution < -0.4 is 10.3 Å². The third kappa shape index (κ3) is 2.29. The second-order valence-corrected chi connectivity index (χ2v) is 5.72. The van der Waals surface area contributed by atoms with E-state index in [1.54, 1.807) is 6.07 Å². The van der Waals surface area contributed by atoms with Crippen LogP contribution in [0.3, 0.4) is 0 Å². The maximum Gasteiger partial charge on any atom is 0.193 e. The molecule has 3 aromatic rings. The summed E-state index contributed by atoms with van der Waals surface area (Å²) in [6, 6.07) is 17.2. The van der Waals surface area contributed by atoms with Crippen molar-refractivity contribution in [1.82, 2.24) is 0 Å². The molecule has 22 heavy (non-hydrogen) atoms. The lowest BCUT2D eigenvalue weighted by Gasteiger charge is -2.17. The minimum absolute atomic E-state index is 0.00748. The monoisotopic (exact) mass is 291 g/mol. The summed E-state index contributed by atoms with van der Waals surface area (Å²) in [7, 11) is 0. The van der Waals surface area contributed by atoms with E-state index in [1.807, 2.05) is 48.5 Å². The predicted octanol–water partition coefficient (Wildman–Crippen LogP) is 4.06. The molecule has 0 radical (unpaired) electrons. The summed E-state index contributed by atoms with van der Waals surface area (Å²) >= 11 is 0. The molecule has 4 rings (SSSR count). The smallest absolute Gasteiger partial charge is 0.193 e. The molecule has 110 valence electrons. The molecule has 1 fully saturated rings. The first-order valence-corrected chi connectivity index (χ1v) is 7.69. The average Bonchev–Trinajstić information content (AvgIpc) is 3.09. The molecule has 0 amide bonds. The maximum atomic E-state index is 12.3. The number of hydrogen-bond acceptors (Lipinski definition) is 3.